The van der Waals surface area contributed by atoms with Crippen LogP contribution in [0, 0.1) is 0 Å². The molecule has 30 heavy (non-hydrogen) atoms. The van der Waals surface area contributed by atoms with Gasteiger partial charge in [0.05, 0.1) is 16.3 Å². The largest absolute Gasteiger partial charge is 0.505 e. The first-order chi connectivity index (χ1) is 14.5. The lowest BCUT2D eigenvalue weighted by Gasteiger charge is -2.05. The van der Waals surface area contributed by atoms with Crippen LogP contribution < -0.4 is 5.43 Å². The third-order valence-electron chi connectivity index (χ3n) is 4.66. The number of halogens is 2. The Morgan fingerprint density at radius 2 is 1.70 bits per heavy atom. The van der Waals surface area contributed by atoms with Crippen molar-refractivity contribution in [3.8, 4) is 5.75 Å². The summed E-state index contributed by atoms with van der Waals surface area (Å²) in [6, 6.07) is 20.9. The van der Waals surface area contributed by atoms with E-state index in [0.29, 0.717) is 0 Å². The van der Waals surface area contributed by atoms with Crippen molar-refractivity contribution in [2.45, 2.75) is 6.54 Å². The molecule has 1 aromatic heterocycles. The number of carbonyl (C=O) groups excluding carboxylic acids is 1. The van der Waals surface area contributed by atoms with Crippen LogP contribution in [0.15, 0.2) is 78.0 Å². The van der Waals surface area contributed by atoms with Gasteiger partial charge in [-0.2, -0.15) is 5.10 Å². The number of benzene rings is 3. The Hall–Kier alpha value is -3.28. The maximum Gasteiger partial charge on any atom is 0.271 e. The van der Waals surface area contributed by atoms with E-state index in [9.17, 15) is 9.90 Å². The Balaban J connectivity index is 1.56. The van der Waals surface area contributed by atoms with Gasteiger partial charge in [0.15, 0.2) is 5.75 Å². The highest BCUT2D eigenvalue weighted by molar-refractivity contribution is 6.37. The van der Waals surface area contributed by atoms with Crippen molar-refractivity contribution in [2.75, 3.05) is 0 Å². The first-order valence-electron chi connectivity index (χ1n) is 9.16. The van der Waals surface area contributed by atoms with Crippen molar-refractivity contribution in [3.05, 3.63) is 99.7 Å². The molecule has 0 unspecified atom stereocenters. The van der Waals surface area contributed by atoms with Crippen molar-refractivity contribution < 1.29 is 9.90 Å². The van der Waals surface area contributed by atoms with E-state index in [2.05, 4.69) is 33.3 Å². The molecule has 0 atom stereocenters. The predicted molar refractivity (Wildman–Crippen MR) is 121 cm³/mol. The summed E-state index contributed by atoms with van der Waals surface area (Å²) in [6.07, 6.45) is 3.60. The molecule has 0 aliphatic rings. The quantitative estimate of drug-likeness (QED) is 0.321. The van der Waals surface area contributed by atoms with Gasteiger partial charge in [-0.15, -0.1) is 0 Å². The Morgan fingerprint density at radius 1 is 1.03 bits per heavy atom. The van der Waals surface area contributed by atoms with Gasteiger partial charge in [0, 0.05) is 34.8 Å². The SMILES string of the molecule is O=C(N/N=C/c1cn(Cc2ccccc2)c2ccccc12)c1cc(Cl)c(O)c(Cl)c1. The van der Waals surface area contributed by atoms with Crippen molar-refractivity contribution in [3.63, 3.8) is 0 Å². The number of hydrazone groups is 1. The second kappa shape index (κ2) is 8.61. The van der Waals surface area contributed by atoms with Crippen molar-refractivity contribution in [1.82, 2.24) is 9.99 Å². The molecular weight excluding hydrogens is 421 g/mol. The summed E-state index contributed by atoms with van der Waals surface area (Å²) in [5.74, 6) is -0.743. The number of hydrogen-bond acceptors (Lipinski definition) is 3. The van der Waals surface area contributed by atoms with Gasteiger partial charge in [0.1, 0.15) is 0 Å². The van der Waals surface area contributed by atoms with Gasteiger partial charge >= 0.3 is 0 Å². The summed E-state index contributed by atoms with van der Waals surface area (Å²) in [5.41, 5.74) is 5.81. The van der Waals surface area contributed by atoms with Crippen LogP contribution in [0.25, 0.3) is 10.9 Å². The van der Waals surface area contributed by atoms with Crippen LogP contribution in [0.5, 0.6) is 5.75 Å². The van der Waals surface area contributed by atoms with E-state index in [-0.39, 0.29) is 21.4 Å². The highest BCUT2D eigenvalue weighted by atomic mass is 35.5. The standard InChI is InChI=1S/C23H17Cl2N3O2/c24-19-10-16(11-20(25)22(19)29)23(30)27-26-12-17-14-28(13-15-6-2-1-3-7-15)21-9-5-4-8-18(17)21/h1-12,14,29H,13H2,(H,27,30)/b26-12+. The molecule has 150 valence electrons. The van der Waals surface area contributed by atoms with Gasteiger partial charge in [0.2, 0.25) is 0 Å². The van der Waals surface area contributed by atoms with Crippen LogP contribution >= 0.6 is 23.2 Å². The number of aromatic hydroxyl groups is 1. The minimum Gasteiger partial charge on any atom is -0.505 e. The summed E-state index contributed by atoms with van der Waals surface area (Å²) in [5, 5.41) is 14.7. The van der Waals surface area contributed by atoms with Crippen LogP contribution in [0.3, 0.4) is 0 Å². The Morgan fingerprint density at radius 3 is 2.43 bits per heavy atom. The molecule has 0 saturated carbocycles. The molecule has 1 amide bonds. The summed E-state index contributed by atoms with van der Waals surface area (Å²) in [4.78, 5) is 12.3. The van der Waals surface area contributed by atoms with Gasteiger partial charge in [-0.25, -0.2) is 5.43 Å². The first-order valence-corrected chi connectivity index (χ1v) is 9.92. The van der Waals surface area contributed by atoms with Crippen LogP contribution in [-0.2, 0) is 6.54 Å². The van der Waals surface area contributed by atoms with E-state index < -0.39 is 5.91 Å². The average Bonchev–Trinajstić information content (AvgIpc) is 3.10. The van der Waals surface area contributed by atoms with Crippen LogP contribution in [0.4, 0.5) is 0 Å². The second-order valence-electron chi connectivity index (χ2n) is 6.70. The Labute approximate surface area is 183 Å². The van der Waals surface area contributed by atoms with E-state index >= 15 is 0 Å². The molecule has 5 nitrogen and oxygen atoms in total. The van der Waals surface area contributed by atoms with Crippen LogP contribution in [0.2, 0.25) is 10.0 Å². The van der Waals surface area contributed by atoms with E-state index in [1.54, 1.807) is 6.21 Å². The lowest BCUT2D eigenvalue weighted by atomic mass is 10.2. The smallest absolute Gasteiger partial charge is 0.271 e. The molecule has 0 aliphatic carbocycles. The van der Waals surface area contributed by atoms with E-state index in [1.165, 1.54) is 17.7 Å². The number of para-hydroxylation sites is 1. The predicted octanol–water partition coefficient (Wildman–Crippen LogP) is 5.47. The van der Waals surface area contributed by atoms with Crippen LogP contribution in [0.1, 0.15) is 21.5 Å². The topological polar surface area (TPSA) is 66.6 Å². The lowest BCUT2D eigenvalue weighted by molar-refractivity contribution is 0.0955. The molecule has 0 aliphatic heterocycles. The van der Waals surface area contributed by atoms with Crippen molar-refractivity contribution in [1.29, 1.82) is 0 Å². The van der Waals surface area contributed by atoms with E-state index in [1.807, 2.05) is 42.6 Å². The fourth-order valence-electron chi connectivity index (χ4n) is 3.21. The number of rotatable bonds is 5. The van der Waals surface area contributed by atoms with Gasteiger partial charge < -0.3 is 9.67 Å². The van der Waals surface area contributed by atoms with E-state index in [4.69, 9.17) is 23.2 Å². The summed E-state index contributed by atoms with van der Waals surface area (Å²) < 4.78 is 2.15. The first kappa shape index (κ1) is 20.0. The van der Waals surface area contributed by atoms with Crippen LogP contribution in [-0.4, -0.2) is 21.8 Å². The highest BCUT2D eigenvalue weighted by Gasteiger charge is 2.12. The summed E-state index contributed by atoms with van der Waals surface area (Å²) in [7, 11) is 0. The molecule has 0 fully saturated rings. The molecule has 0 saturated heterocycles. The fourth-order valence-corrected chi connectivity index (χ4v) is 3.70. The number of aromatic nitrogens is 1. The number of amides is 1. The minimum absolute atomic E-state index is 0.000567. The Bertz CT molecular complexity index is 1230. The molecule has 0 spiro atoms. The maximum atomic E-state index is 12.3. The van der Waals surface area contributed by atoms with Gasteiger partial charge in [-0.05, 0) is 23.8 Å². The zero-order chi connectivity index (χ0) is 21.1. The second-order valence-corrected chi connectivity index (χ2v) is 7.52. The van der Waals surface area contributed by atoms with Gasteiger partial charge in [0.25, 0.3) is 5.91 Å². The van der Waals surface area contributed by atoms with Crippen molar-refractivity contribution >= 4 is 46.2 Å². The lowest BCUT2D eigenvalue weighted by Crippen LogP contribution is -2.17. The molecule has 4 aromatic rings. The molecule has 1 heterocycles. The maximum absolute atomic E-state index is 12.3. The molecule has 2 N–H and O–H groups in total. The number of fused-ring (bicyclic) bond motifs is 1. The minimum atomic E-state index is -0.483. The number of hydrogen-bond donors (Lipinski definition) is 2. The van der Waals surface area contributed by atoms with E-state index in [0.717, 1.165) is 23.0 Å². The molecular formula is C23H17Cl2N3O2. The third kappa shape index (κ3) is 4.17. The average molecular weight is 438 g/mol. The van der Waals surface area contributed by atoms with Crippen molar-refractivity contribution in [2.24, 2.45) is 5.10 Å². The number of nitrogens with zero attached hydrogens (tertiary/aromatic N) is 2. The number of phenolic OH excluding ortho intramolecular Hbond substituents is 1. The zero-order valence-corrected chi connectivity index (χ0v) is 17.2. The summed E-state index contributed by atoms with van der Waals surface area (Å²) >= 11 is 11.7. The molecule has 0 bridgehead atoms. The zero-order valence-electron chi connectivity index (χ0n) is 15.7. The molecule has 7 heteroatoms. The van der Waals surface area contributed by atoms with Gasteiger partial charge in [-0.3, -0.25) is 4.79 Å². The summed E-state index contributed by atoms with van der Waals surface area (Å²) in [6.45, 7) is 0.728. The number of carbonyl (C=O) groups is 1. The fraction of sp³-hybridized carbons (Fsp3) is 0.0435. The molecule has 0 radical (unpaired) electrons. The highest BCUT2D eigenvalue weighted by Crippen LogP contribution is 2.32. The third-order valence-corrected chi connectivity index (χ3v) is 5.24. The Kier molecular flexibility index (Phi) is 5.74. The number of nitrogens with one attached hydrogen (secondary N) is 1. The molecule has 3 aromatic carbocycles. The van der Waals surface area contributed by atoms with Gasteiger partial charge in [-0.1, -0.05) is 71.7 Å². The molecule has 4 rings (SSSR count). The number of phenols is 1. The normalized spacial score (nSPS) is 11.3. The monoisotopic (exact) mass is 437 g/mol.